The highest BCUT2D eigenvalue weighted by Crippen LogP contribution is 2.47. The van der Waals surface area contributed by atoms with Crippen LogP contribution in [0.2, 0.25) is 0 Å². The molecule has 26 heavy (non-hydrogen) atoms. The number of halogens is 2. The molecule has 0 radical (unpaired) electrons. The Labute approximate surface area is 165 Å². The number of piperazine rings is 1. The number of anilines is 2. The maximum Gasteiger partial charge on any atom is 0.239 e. The van der Waals surface area contributed by atoms with Crippen LogP contribution in [0, 0.1) is 17.8 Å². The second-order valence-electron chi connectivity index (χ2n) is 7.10. The molecule has 2 bridgehead atoms. The van der Waals surface area contributed by atoms with Gasteiger partial charge in [-0.15, -0.1) is 24.8 Å². The molecule has 2 heterocycles. The van der Waals surface area contributed by atoms with Crippen molar-refractivity contribution in [1.29, 1.82) is 0 Å². The Morgan fingerprint density at radius 2 is 2.04 bits per heavy atom. The van der Waals surface area contributed by atoms with Gasteiger partial charge in [0.2, 0.25) is 11.8 Å². The SMILES string of the molecule is Cl.Cl.NC1C2CCC(C2)C1C(=O)Nc1ccc(N2CCNC(=O)C2)nc1. The molecular weight excluding hydrogens is 377 g/mol. The van der Waals surface area contributed by atoms with E-state index in [2.05, 4.69) is 15.6 Å². The van der Waals surface area contributed by atoms with E-state index in [4.69, 9.17) is 5.73 Å². The molecule has 1 aliphatic heterocycles. The van der Waals surface area contributed by atoms with Crippen LogP contribution in [0.4, 0.5) is 11.5 Å². The number of aromatic nitrogens is 1. The summed E-state index contributed by atoms with van der Waals surface area (Å²) in [7, 11) is 0. The number of amides is 2. The van der Waals surface area contributed by atoms with Crippen LogP contribution in [-0.2, 0) is 9.59 Å². The fraction of sp³-hybridized carbons (Fsp3) is 0.588. The van der Waals surface area contributed by atoms with Gasteiger partial charge in [-0.3, -0.25) is 9.59 Å². The van der Waals surface area contributed by atoms with E-state index in [1.165, 1.54) is 0 Å². The van der Waals surface area contributed by atoms with Crippen LogP contribution in [0.25, 0.3) is 0 Å². The van der Waals surface area contributed by atoms with Gasteiger partial charge in [-0.05, 0) is 43.2 Å². The molecule has 1 aromatic rings. The maximum absolute atomic E-state index is 12.6. The highest BCUT2D eigenvalue weighted by molar-refractivity contribution is 5.93. The van der Waals surface area contributed by atoms with Crippen molar-refractivity contribution in [2.75, 3.05) is 29.9 Å². The van der Waals surface area contributed by atoms with Crippen molar-refractivity contribution in [3.05, 3.63) is 18.3 Å². The van der Waals surface area contributed by atoms with Crippen molar-refractivity contribution in [2.45, 2.75) is 25.3 Å². The molecule has 144 valence electrons. The Balaban J connectivity index is 0.00000121. The number of carbonyl (C=O) groups excluding carboxylic acids is 2. The van der Waals surface area contributed by atoms with Crippen LogP contribution in [0.5, 0.6) is 0 Å². The van der Waals surface area contributed by atoms with Crippen molar-refractivity contribution < 1.29 is 9.59 Å². The van der Waals surface area contributed by atoms with E-state index in [1.54, 1.807) is 6.20 Å². The summed E-state index contributed by atoms with van der Waals surface area (Å²) in [5.41, 5.74) is 6.91. The lowest BCUT2D eigenvalue weighted by Crippen LogP contribution is -2.48. The summed E-state index contributed by atoms with van der Waals surface area (Å²) in [5.74, 6) is 1.64. The van der Waals surface area contributed by atoms with Gasteiger partial charge in [0.15, 0.2) is 0 Å². The monoisotopic (exact) mass is 401 g/mol. The molecule has 4 atom stereocenters. The Bertz CT molecular complexity index is 655. The molecule has 4 unspecified atom stereocenters. The van der Waals surface area contributed by atoms with Gasteiger partial charge in [0, 0.05) is 19.1 Å². The summed E-state index contributed by atoms with van der Waals surface area (Å²) in [6, 6.07) is 3.67. The Morgan fingerprint density at radius 1 is 1.27 bits per heavy atom. The maximum atomic E-state index is 12.6. The molecular formula is C17H25Cl2N5O2. The van der Waals surface area contributed by atoms with Crippen molar-refractivity contribution >= 4 is 48.1 Å². The normalized spacial score (nSPS) is 29.4. The lowest BCUT2D eigenvalue weighted by Gasteiger charge is -2.28. The predicted molar refractivity (Wildman–Crippen MR) is 105 cm³/mol. The molecule has 1 saturated heterocycles. The second kappa shape index (κ2) is 8.41. The van der Waals surface area contributed by atoms with E-state index in [0.717, 1.165) is 31.6 Å². The van der Waals surface area contributed by atoms with E-state index in [-0.39, 0.29) is 48.6 Å². The van der Waals surface area contributed by atoms with E-state index >= 15 is 0 Å². The van der Waals surface area contributed by atoms with Crippen LogP contribution >= 0.6 is 24.8 Å². The van der Waals surface area contributed by atoms with Gasteiger partial charge in [0.05, 0.1) is 24.3 Å². The number of nitrogens with one attached hydrogen (secondary N) is 2. The quantitative estimate of drug-likeness (QED) is 0.705. The molecule has 4 N–H and O–H groups in total. The third kappa shape index (κ3) is 3.89. The second-order valence-corrected chi connectivity index (χ2v) is 7.10. The average Bonchev–Trinajstić information content (AvgIpc) is 3.16. The molecule has 7 nitrogen and oxygen atoms in total. The number of hydrogen-bond acceptors (Lipinski definition) is 5. The van der Waals surface area contributed by atoms with Crippen LogP contribution in [0.3, 0.4) is 0 Å². The number of fused-ring (bicyclic) bond motifs is 2. The standard InChI is InChI=1S/C17H23N5O2.2ClH/c18-16-11-2-1-10(7-11)15(16)17(24)21-12-3-4-13(20-8-12)22-6-5-19-14(23)9-22;;/h3-4,8,10-11,15-16H,1-2,5-7,9,18H2,(H,19,23)(H,21,24);2*1H. The van der Waals surface area contributed by atoms with Crippen LogP contribution < -0.4 is 21.3 Å². The van der Waals surface area contributed by atoms with Crippen molar-refractivity contribution in [1.82, 2.24) is 10.3 Å². The number of pyridine rings is 1. The lowest BCUT2D eigenvalue weighted by molar-refractivity contribution is -0.122. The highest BCUT2D eigenvalue weighted by atomic mass is 35.5. The molecule has 1 aromatic heterocycles. The molecule has 2 saturated carbocycles. The molecule has 9 heteroatoms. The van der Waals surface area contributed by atoms with Crippen molar-refractivity contribution in [3.8, 4) is 0 Å². The number of nitrogens with two attached hydrogens (primary N) is 1. The topological polar surface area (TPSA) is 100 Å². The summed E-state index contributed by atoms with van der Waals surface area (Å²) >= 11 is 0. The Kier molecular flexibility index (Phi) is 6.71. The Morgan fingerprint density at radius 3 is 2.65 bits per heavy atom. The number of carbonyl (C=O) groups is 2. The van der Waals surface area contributed by atoms with Gasteiger partial charge in [0.25, 0.3) is 0 Å². The van der Waals surface area contributed by atoms with Crippen molar-refractivity contribution in [3.63, 3.8) is 0 Å². The zero-order chi connectivity index (χ0) is 16.7. The molecule has 4 rings (SSSR count). The van der Waals surface area contributed by atoms with Gasteiger partial charge in [-0.1, -0.05) is 0 Å². The van der Waals surface area contributed by atoms with Crippen LogP contribution in [0.15, 0.2) is 18.3 Å². The van der Waals surface area contributed by atoms with E-state index in [0.29, 0.717) is 30.6 Å². The molecule has 3 fully saturated rings. The first-order chi connectivity index (χ1) is 11.6. The molecule has 2 amide bonds. The van der Waals surface area contributed by atoms with Gasteiger partial charge >= 0.3 is 0 Å². The summed E-state index contributed by atoms with van der Waals surface area (Å²) in [5, 5.41) is 5.75. The fourth-order valence-corrected chi connectivity index (χ4v) is 4.43. The van der Waals surface area contributed by atoms with Crippen LogP contribution in [0.1, 0.15) is 19.3 Å². The average molecular weight is 402 g/mol. The number of hydrogen-bond donors (Lipinski definition) is 3. The summed E-state index contributed by atoms with van der Waals surface area (Å²) in [6.07, 6.45) is 5.02. The minimum absolute atomic E-state index is 0. The van der Waals surface area contributed by atoms with E-state index in [9.17, 15) is 9.59 Å². The minimum Gasteiger partial charge on any atom is -0.353 e. The molecule has 0 aromatic carbocycles. The van der Waals surface area contributed by atoms with Gasteiger partial charge in [0.1, 0.15) is 5.82 Å². The summed E-state index contributed by atoms with van der Waals surface area (Å²) in [4.78, 5) is 30.3. The van der Waals surface area contributed by atoms with Gasteiger partial charge in [-0.25, -0.2) is 4.98 Å². The summed E-state index contributed by atoms with van der Waals surface area (Å²) < 4.78 is 0. The first-order valence-electron chi connectivity index (χ1n) is 8.66. The largest absolute Gasteiger partial charge is 0.353 e. The summed E-state index contributed by atoms with van der Waals surface area (Å²) in [6.45, 7) is 1.68. The third-order valence-corrected chi connectivity index (χ3v) is 5.66. The highest BCUT2D eigenvalue weighted by Gasteiger charge is 2.49. The first kappa shape index (κ1) is 20.7. The first-order valence-corrected chi connectivity index (χ1v) is 8.66. The van der Waals surface area contributed by atoms with Gasteiger partial charge in [-0.2, -0.15) is 0 Å². The minimum atomic E-state index is -0.0748. The fourth-order valence-electron chi connectivity index (χ4n) is 4.43. The molecule has 2 aliphatic carbocycles. The zero-order valence-electron chi connectivity index (χ0n) is 14.4. The zero-order valence-corrected chi connectivity index (χ0v) is 16.0. The Hall–Kier alpha value is -1.57. The third-order valence-electron chi connectivity index (χ3n) is 5.66. The number of rotatable bonds is 3. The molecule has 0 spiro atoms. The lowest BCUT2D eigenvalue weighted by atomic mass is 9.84. The van der Waals surface area contributed by atoms with E-state index in [1.807, 2.05) is 17.0 Å². The van der Waals surface area contributed by atoms with Crippen LogP contribution in [-0.4, -0.2) is 42.5 Å². The predicted octanol–water partition coefficient (Wildman–Crippen LogP) is 1.17. The smallest absolute Gasteiger partial charge is 0.239 e. The van der Waals surface area contributed by atoms with Crippen molar-refractivity contribution in [2.24, 2.45) is 23.5 Å². The van der Waals surface area contributed by atoms with E-state index < -0.39 is 0 Å². The molecule has 3 aliphatic rings. The van der Waals surface area contributed by atoms with Gasteiger partial charge < -0.3 is 21.3 Å². The number of nitrogens with zero attached hydrogens (tertiary/aromatic N) is 2.